The average molecular weight is 286 g/mol. The summed E-state index contributed by atoms with van der Waals surface area (Å²) in [5.74, 6) is -0.185. The summed E-state index contributed by atoms with van der Waals surface area (Å²) in [5, 5.41) is 9.22. The number of rotatable bonds is 5. The fourth-order valence-electron chi connectivity index (χ4n) is 1.71. The molecule has 21 heavy (non-hydrogen) atoms. The van der Waals surface area contributed by atoms with Gasteiger partial charge in [0, 0.05) is 11.1 Å². The second-order valence-electron chi connectivity index (χ2n) is 4.27. The Morgan fingerprint density at radius 3 is 2.43 bits per heavy atom. The Labute approximate surface area is 121 Å². The zero-order valence-corrected chi connectivity index (χ0v) is 11.4. The predicted molar refractivity (Wildman–Crippen MR) is 75.5 cm³/mol. The Morgan fingerprint density at radius 1 is 1.05 bits per heavy atom. The standard InChI is InChI=1S/C16H14O5/c1-20-15(18)10-21-14-4-2-3-12(9-14)16(19)11-5-7-13(17)8-6-11/h2-9,17H,10H2,1H3. The van der Waals surface area contributed by atoms with Crippen molar-refractivity contribution in [2.75, 3.05) is 13.7 Å². The van der Waals surface area contributed by atoms with Gasteiger partial charge in [0.2, 0.25) is 0 Å². The maximum atomic E-state index is 12.3. The van der Waals surface area contributed by atoms with Gasteiger partial charge >= 0.3 is 5.97 Å². The van der Waals surface area contributed by atoms with E-state index in [0.717, 1.165) is 0 Å². The molecule has 0 bridgehead atoms. The third-order valence-corrected chi connectivity index (χ3v) is 2.81. The molecule has 0 amide bonds. The number of hydrogen-bond acceptors (Lipinski definition) is 5. The lowest BCUT2D eigenvalue weighted by Crippen LogP contribution is -2.12. The highest BCUT2D eigenvalue weighted by Gasteiger charge is 2.10. The largest absolute Gasteiger partial charge is 0.508 e. The fraction of sp³-hybridized carbons (Fsp3) is 0.125. The quantitative estimate of drug-likeness (QED) is 0.673. The average Bonchev–Trinajstić information content (AvgIpc) is 2.53. The number of methoxy groups -OCH3 is 1. The first-order chi connectivity index (χ1) is 10.1. The molecule has 0 aliphatic carbocycles. The summed E-state index contributed by atoms with van der Waals surface area (Å²) < 4.78 is 9.71. The molecule has 0 atom stereocenters. The van der Waals surface area contributed by atoms with E-state index in [-0.39, 0.29) is 18.1 Å². The number of ketones is 1. The van der Waals surface area contributed by atoms with E-state index in [4.69, 9.17) is 4.74 Å². The maximum absolute atomic E-state index is 12.3. The monoisotopic (exact) mass is 286 g/mol. The summed E-state index contributed by atoms with van der Waals surface area (Å²) in [6.07, 6.45) is 0. The molecule has 0 unspecified atom stereocenters. The van der Waals surface area contributed by atoms with Crippen LogP contribution in [0.15, 0.2) is 48.5 Å². The molecule has 0 radical (unpaired) electrons. The third kappa shape index (κ3) is 3.82. The van der Waals surface area contributed by atoms with Crippen LogP contribution in [0.2, 0.25) is 0 Å². The molecule has 2 rings (SSSR count). The van der Waals surface area contributed by atoms with Gasteiger partial charge in [0.05, 0.1) is 7.11 Å². The smallest absolute Gasteiger partial charge is 0.343 e. The van der Waals surface area contributed by atoms with Crippen LogP contribution >= 0.6 is 0 Å². The van der Waals surface area contributed by atoms with Gasteiger partial charge in [0.15, 0.2) is 12.4 Å². The van der Waals surface area contributed by atoms with Gasteiger partial charge in [-0.25, -0.2) is 4.79 Å². The minimum absolute atomic E-state index is 0.0988. The number of phenols is 1. The van der Waals surface area contributed by atoms with Gasteiger partial charge in [-0.3, -0.25) is 4.79 Å². The van der Waals surface area contributed by atoms with Crippen LogP contribution in [0.4, 0.5) is 0 Å². The van der Waals surface area contributed by atoms with Crippen LogP contribution in [0.25, 0.3) is 0 Å². The summed E-state index contributed by atoms with van der Waals surface area (Å²) in [5.41, 5.74) is 0.890. The van der Waals surface area contributed by atoms with E-state index in [1.165, 1.54) is 19.2 Å². The van der Waals surface area contributed by atoms with Crippen LogP contribution in [-0.4, -0.2) is 30.6 Å². The molecule has 2 aromatic carbocycles. The van der Waals surface area contributed by atoms with Gasteiger partial charge in [0.25, 0.3) is 0 Å². The number of phenolic OH excluding ortho intramolecular Hbond substituents is 1. The lowest BCUT2D eigenvalue weighted by Gasteiger charge is -2.07. The van der Waals surface area contributed by atoms with E-state index in [9.17, 15) is 14.7 Å². The zero-order chi connectivity index (χ0) is 15.2. The van der Waals surface area contributed by atoms with E-state index >= 15 is 0 Å². The number of hydrogen-bond donors (Lipinski definition) is 1. The first-order valence-corrected chi connectivity index (χ1v) is 6.23. The van der Waals surface area contributed by atoms with Gasteiger partial charge in [-0.2, -0.15) is 0 Å². The van der Waals surface area contributed by atoms with E-state index in [1.807, 2.05) is 0 Å². The highest BCUT2D eigenvalue weighted by atomic mass is 16.6. The Bertz CT molecular complexity index is 646. The van der Waals surface area contributed by atoms with E-state index in [1.54, 1.807) is 36.4 Å². The van der Waals surface area contributed by atoms with E-state index < -0.39 is 5.97 Å². The van der Waals surface area contributed by atoms with Crippen LogP contribution in [0.3, 0.4) is 0 Å². The van der Waals surface area contributed by atoms with Crippen molar-refractivity contribution in [3.05, 3.63) is 59.7 Å². The summed E-state index contributed by atoms with van der Waals surface area (Å²) in [4.78, 5) is 23.3. The molecule has 0 heterocycles. The molecule has 0 saturated carbocycles. The molecule has 5 heteroatoms. The molecule has 5 nitrogen and oxygen atoms in total. The second kappa shape index (κ2) is 6.56. The summed E-state index contributed by atoms with van der Waals surface area (Å²) >= 11 is 0. The van der Waals surface area contributed by atoms with Crippen LogP contribution in [0, 0.1) is 0 Å². The van der Waals surface area contributed by atoms with Gasteiger partial charge in [-0.1, -0.05) is 12.1 Å². The Hall–Kier alpha value is -2.82. The number of carbonyl (C=O) groups is 2. The molecule has 108 valence electrons. The number of aromatic hydroxyl groups is 1. The number of ether oxygens (including phenoxy) is 2. The zero-order valence-electron chi connectivity index (χ0n) is 11.4. The summed E-state index contributed by atoms with van der Waals surface area (Å²) in [6, 6.07) is 12.5. The van der Waals surface area contributed by atoms with E-state index in [2.05, 4.69) is 4.74 Å². The van der Waals surface area contributed by atoms with Gasteiger partial charge in [0.1, 0.15) is 11.5 Å². The molecule has 0 aliphatic heterocycles. The highest BCUT2D eigenvalue weighted by molar-refractivity contribution is 6.09. The minimum atomic E-state index is -0.495. The Kier molecular flexibility index (Phi) is 4.56. The Morgan fingerprint density at radius 2 is 1.76 bits per heavy atom. The number of esters is 1. The summed E-state index contributed by atoms with van der Waals surface area (Å²) in [7, 11) is 1.27. The van der Waals surface area contributed by atoms with Crippen molar-refractivity contribution in [2.24, 2.45) is 0 Å². The van der Waals surface area contributed by atoms with Crippen molar-refractivity contribution in [3.8, 4) is 11.5 Å². The number of benzene rings is 2. The van der Waals surface area contributed by atoms with Crippen LogP contribution in [0.1, 0.15) is 15.9 Å². The van der Waals surface area contributed by atoms with Gasteiger partial charge < -0.3 is 14.6 Å². The molecule has 0 spiro atoms. The lowest BCUT2D eigenvalue weighted by atomic mass is 10.0. The molecular weight excluding hydrogens is 272 g/mol. The normalized spacial score (nSPS) is 9.95. The van der Waals surface area contributed by atoms with Gasteiger partial charge in [-0.05, 0) is 36.4 Å². The first kappa shape index (κ1) is 14.6. The van der Waals surface area contributed by atoms with Crippen LogP contribution in [0.5, 0.6) is 11.5 Å². The molecular formula is C16H14O5. The van der Waals surface area contributed by atoms with Crippen LogP contribution in [-0.2, 0) is 9.53 Å². The second-order valence-corrected chi connectivity index (χ2v) is 4.27. The predicted octanol–water partition coefficient (Wildman–Crippen LogP) is 2.17. The SMILES string of the molecule is COC(=O)COc1cccc(C(=O)c2ccc(O)cc2)c1. The van der Waals surface area contributed by atoms with Crippen molar-refractivity contribution < 1.29 is 24.2 Å². The first-order valence-electron chi connectivity index (χ1n) is 6.23. The van der Waals surface area contributed by atoms with E-state index in [0.29, 0.717) is 16.9 Å². The fourth-order valence-corrected chi connectivity index (χ4v) is 1.71. The van der Waals surface area contributed by atoms with Crippen molar-refractivity contribution in [1.29, 1.82) is 0 Å². The number of carbonyl (C=O) groups excluding carboxylic acids is 2. The molecule has 1 N–H and O–H groups in total. The maximum Gasteiger partial charge on any atom is 0.343 e. The van der Waals surface area contributed by atoms with Crippen LogP contribution < -0.4 is 4.74 Å². The minimum Gasteiger partial charge on any atom is -0.508 e. The van der Waals surface area contributed by atoms with Crippen molar-refractivity contribution in [2.45, 2.75) is 0 Å². The topological polar surface area (TPSA) is 72.8 Å². The molecule has 0 fully saturated rings. The summed E-state index contributed by atoms with van der Waals surface area (Å²) in [6.45, 7) is -0.215. The molecule has 0 saturated heterocycles. The Balaban J connectivity index is 2.14. The van der Waals surface area contributed by atoms with Crippen molar-refractivity contribution in [3.63, 3.8) is 0 Å². The third-order valence-electron chi connectivity index (χ3n) is 2.81. The lowest BCUT2D eigenvalue weighted by molar-refractivity contribution is -0.142. The van der Waals surface area contributed by atoms with Crippen molar-refractivity contribution >= 4 is 11.8 Å². The molecule has 0 aromatic heterocycles. The van der Waals surface area contributed by atoms with Crippen molar-refractivity contribution in [1.82, 2.24) is 0 Å². The van der Waals surface area contributed by atoms with Gasteiger partial charge in [-0.15, -0.1) is 0 Å². The molecule has 2 aromatic rings. The molecule has 0 aliphatic rings. The highest BCUT2D eigenvalue weighted by Crippen LogP contribution is 2.18.